The summed E-state index contributed by atoms with van der Waals surface area (Å²) in [4.78, 5) is 11.6. The van der Waals surface area contributed by atoms with E-state index in [0.29, 0.717) is 0 Å². The Balaban J connectivity index is 2.42. The average molecular weight is 214 g/mol. The van der Waals surface area contributed by atoms with Gasteiger partial charge in [-0.2, -0.15) is 0 Å². The second-order valence-corrected chi connectivity index (χ2v) is 4.12. The second-order valence-electron chi connectivity index (χ2n) is 4.12. The van der Waals surface area contributed by atoms with Crippen LogP contribution in [0.1, 0.15) is 39.0 Å². The molecule has 0 radical (unpaired) electrons. The molecule has 2 atom stereocenters. The minimum Gasteiger partial charge on any atom is -0.396 e. The molecule has 0 saturated carbocycles. The number of rotatable bonds is 5. The summed E-state index contributed by atoms with van der Waals surface area (Å²) in [7, 11) is 0. The maximum Gasteiger partial charge on any atom is 0.237 e. The zero-order chi connectivity index (χ0) is 11.1. The van der Waals surface area contributed by atoms with Crippen LogP contribution in [0.4, 0.5) is 0 Å². The van der Waals surface area contributed by atoms with Crippen molar-refractivity contribution < 1.29 is 9.90 Å². The molecule has 4 heteroatoms. The third kappa shape index (κ3) is 4.18. The minimum atomic E-state index is -0.0657. The molecule has 1 saturated heterocycles. The van der Waals surface area contributed by atoms with E-state index in [-0.39, 0.29) is 24.6 Å². The second kappa shape index (κ2) is 6.80. The average Bonchev–Trinajstić information content (AvgIpc) is 2.43. The van der Waals surface area contributed by atoms with Crippen LogP contribution in [0.3, 0.4) is 0 Å². The molecule has 1 fully saturated rings. The lowest BCUT2D eigenvalue weighted by molar-refractivity contribution is -0.123. The molecule has 1 heterocycles. The molecule has 15 heavy (non-hydrogen) atoms. The Morgan fingerprint density at radius 2 is 2.40 bits per heavy atom. The summed E-state index contributed by atoms with van der Waals surface area (Å²) in [5.74, 6) is 0.115. The van der Waals surface area contributed by atoms with Crippen molar-refractivity contribution in [3.63, 3.8) is 0 Å². The molecule has 0 aliphatic carbocycles. The van der Waals surface area contributed by atoms with Crippen LogP contribution in [0.15, 0.2) is 0 Å². The van der Waals surface area contributed by atoms with Crippen molar-refractivity contribution in [2.45, 2.75) is 51.1 Å². The number of hydrogen-bond acceptors (Lipinski definition) is 3. The number of amides is 1. The lowest BCUT2D eigenvalue weighted by Gasteiger charge is -2.22. The van der Waals surface area contributed by atoms with E-state index >= 15 is 0 Å². The number of carbonyl (C=O) groups is 1. The molecule has 0 bridgehead atoms. The maximum atomic E-state index is 11.6. The van der Waals surface area contributed by atoms with Crippen molar-refractivity contribution in [1.82, 2.24) is 10.6 Å². The fourth-order valence-corrected chi connectivity index (χ4v) is 1.94. The van der Waals surface area contributed by atoms with Crippen molar-refractivity contribution >= 4 is 5.91 Å². The van der Waals surface area contributed by atoms with E-state index in [1.807, 2.05) is 0 Å². The summed E-state index contributed by atoms with van der Waals surface area (Å²) in [6, 6.07) is 0.188. The van der Waals surface area contributed by atoms with Crippen LogP contribution in [0, 0.1) is 0 Å². The van der Waals surface area contributed by atoms with E-state index in [1.165, 1.54) is 0 Å². The highest BCUT2D eigenvalue weighted by atomic mass is 16.3. The molecule has 1 amide bonds. The Kier molecular flexibility index (Phi) is 5.65. The maximum absolute atomic E-state index is 11.6. The van der Waals surface area contributed by atoms with Gasteiger partial charge in [-0.3, -0.25) is 4.79 Å². The van der Waals surface area contributed by atoms with Crippen LogP contribution in [0.5, 0.6) is 0 Å². The predicted molar refractivity (Wildman–Crippen MR) is 59.6 cm³/mol. The van der Waals surface area contributed by atoms with Gasteiger partial charge in [-0.25, -0.2) is 0 Å². The van der Waals surface area contributed by atoms with Crippen molar-refractivity contribution in [3.05, 3.63) is 0 Å². The molecule has 4 nitrogen and oxygen atoms in total. The van der Waals surface area contributed by atoms with Gasteiger partial charge in [0.1, 0.15) is 0 Å². The summed E-state index contributed by atoms with van der Waals surface area (Å²) in [5.41, 5.74) is 0. The molecule has 3 N–H and O–H groups in total. The van der Waals surface area contributed by atoms with E-state index in [1.54, 1.807) is 0 Å². The number of nitrogens with one attached hydrogen (secondary N) is 2. The molecule has 1 aliphatic rings. The first-order valence-corrected chi connectivity index (χ1v) is 5.92. The quantitative estimate of drug-likeness (QED) is 0.621. The van der Waals surface area contributed by atoms with Crippen molar-refractivity contribution in [3.8, 4) is 0 Å². The summed E-state index contributed by atoms with van der Waals surface area (Å²) in [6.07, 6.45) is 4.74. The van der Waals surface area contributed by atoms with Gasteiger partial charge >= 0.3 is 0 Å². The lowest BCUT2D eigenvalue weighted by atomic mass is 10.1. The summed E-state index contributed by atoms with van der Waals surface area (Å²) >= 11 is 0. The summed E-state index contributed by atoms with van der Waals surface area (Å²) in [5, 5.41) is 15.1. The van der Waals surface area contributed by atoms with Gasteiger partial charge in [0.05, 0.1) is 6.04 Å². The molecular weight excluding hydrogens is 192 g/mol. The first kappa shape index (κ1) is 12.5. The van der Waals surface area contributed by atoms with Gasteiger partial charge in [0.25, 0.3) is 0 Å². The third-order valence-corrected chi connectivity index (χ3v) is 2.94. The third-order valence-electron chi connectivity index (χ3n) is 2.94. The van der Waals surface area contributed by atoms with Gasteiger partial charge in [-0.15, -0.1) is 0 Å². The van der Waals surface area contributed by atoms with Gasteiger partial charge in [0.15, 0.2) is 0 Å². The largest absolute Gasteiger partial charge is 0.396 e. The van der Waals surface area contributed by atoms with Gasteiger partial charge in [0.2, 0.25) is 5.91 Å². The molecule has 88 valence electrons. The topological polar surface area (TPSA) is 61.4 Å². The van der Waals surface area contributed by atoms with Crippen LogP contribution >= 0.6 is 0 Å². The Hall–Kier alpha value is -0.610. The predicted octanol–water partition coefficient (Wildman–Crippen LogP) is 0.406. The number of carbonyl (C=O) groups excluding carboxylic acids is 1. The van der Waals surface area contributed by atoms with Crippen LogP contribution in [-0.2, 0) is 4.79 Å². The van der Waals surface area contributed by atoms with Crippen LogP contribution in [-0.4, -0.2) is 36.2 Å². The highest BCUT2D eigenvalue weighted by molar-refractivity contribution is 5.81. The fraction of sp³-hybridized carbons (Fsp3) is 0.909. The zero-order valence-electron chi connectivity index (χ0n) is 9.46. The van der Waals surface area contributed by atoms with E-state index in [0.717, 1.165) is 38.6 Å². The number of aliphatic hydroxyl groups excluding tert-OH is 1. The zero-order valence-corrected chi connectivity index (χ0v) is 9.46. The van der Waals surface area contributed by atoms with E-state index in [2.05, 4.69) is 17.6 Å². The van der Waals surface area contributed by atoms with Crippen molar-refractivity contribution in [1.29, 1.82) is 0 Å². The van der Waals surface area contributed by atoms with Crippen molar-refractivity contribution in [2.24, 2.45) is 0 Å². The fourth-order valence-electron chi connectivity index (χ4n) is 1.94. The first-order valence-electron chi connectivity index (χ1n) is 5.92. The molecule has 1 aliphatic heterocycles. The summed E-state index contributed by atoms with van der Waals surface area (Å²) in [6.45, 7) is 3.05. The lowest BCUT2D eigenvalue weighted by Crippen LogP contribution is -2.47. The molecule has 0 aromatic rings. The first-order chi connectivity index (χ1) is 7.27. The number of hydrogen-bond donors (Lipinski definition) is 3. The Morgan fingerprint density at radius 1 is 1.60 bits per heavy atom. The van der Waals surface area contributed by atoms with Crippen LogP contribution in [0.2, 0.25) is 0 Å². The monoisotopic (exact) mass is 214 g/mol. The van der Waals surface area contributed by atoms with E-state index in [4.69, 9.17) is 5.11 Å². The normalized spacial score (nSPS) is 24.4. The van der Waals surface area contributed by atoms with Crippen molar-refractivity contribution in [2.75, 3.05) is 13.2 Å². The standard InChI is InChI=1S/C11H22N2O2/c1-2-9(6-8-14)13-10-5-3-4-7-12-11(10)15/h9-10,13-14H,2-8H2,1H3,(H,12,15). The van der Waals surface area contributed by atoms with E-state index in [9.17, 15) is 4.79 Å². The Morgan fingerprint density at radius 3 is 3.07 bits per heavy atom. The molecular formula is C11H22N2O2. The van der Waals surface area contributed by atoms with E-state index < -0.39 is 0 Å². The molecule has 0 aromatic heterocycles. The van der Waals surface area contributed by atoms with Crippen LogP contribution in [0.25, 0.3) is 0 Å². The highest BCUT2D eigenvalue weighted by Gasteiger charge is 2.22. The molecule has 0 spiro atoms. The van der Waals surface area contributed by atoms with Gasteiger partial charge in [-0.1, -0.05) is 6.92 Å². The van der Waals surface area contributed by atoms with Gasteiger partial charge in [0, 0.05) is 19.2 Å². The highest BCUT2D eigenvalue weighted by Crippen LogP contribution is 2.08. The number of aliphatic hydroxyl groups is 1. The SMILES string of the molecule is CCC(CCO)NC1CCCCNC1=O. The van der Waals surface area contributed by atoms with Gasteiger partial charge in [-0.05, 0) is 32.1 Å². The Bertz CT molecular complexity index is 197. The molecule has 0 aromatic carbocycles. The Labute approximate surface area is 91.4 Å². The molecule has 1 rings (SSSR count). The van der Waals surface area contributed by atoms with Gasteiger partial charge < -0.3 is 15.7 Å². The smallest absolute Gasteiger partial charge is 0.237 e. The molecule has 2 unspecified atom stereocenters. The summed E-state index contributed by atoms with van der Waals surface area (Å²) < 4.78 is 0. The minimum absolute atomic E-state index is 0.0657. The van der Waals surface area contributed by atoms with Crippen LogP contribution < -0.4 is 10.6 Å².